The summed E-state index contributed by atoms with van der Waals surface area (Å²) in [6.45, 7) is 3.35. The number of halogens is 3. The number of alkyl halides is 3. The number of piperidine rings is 1. The zero-order valence-corrected chi connectivity index (χ0v) is 11.9. The molecule has 3 atom stereocenters. The Labute approximate surface area is 122 Å². The van der Waals surface area contributed by atoms with Crippen LogP contribution in [-0.2, 0) is 11.3 Å². The Morgan fingerprint density at radius 2 is 1.76 bits per heavy atom. The molecule has 1 saturated carbocycles. The lowest BCUT2D eigenvalue weighted by atomic mass is 10.2. The SMILES string of the molecule is FC(F)(F)CCOCC1[C@H]2CN(Cc3ccccc3)C[C@@H]12. The summed E-state index contributed by atoms with van der Waals surface area (Å²) in [6, 6.07) is 10.4. The van der Waals surface area contributed by atoms with Crippen LogP contribution in [0.2, 0.25) is 0 Å². The first kappa shape index (κ1) is 14.9. The summed E-state index contributed by atoms with van der Waals surface area (Å²) < 4.78 is 41.2. The molecule has 0 spiro atoms. The van der Waals surface area contributed by atoms with Crippen molar-refractivity contribution in [2.45, 2.75) is 19.1 Å². The summed E-state index contributed by atoms with van der Waals surface area (Å²) in [5.74, 6) is 1.73. The normalized spacial score (nSPS) is 28.6. The van der Waals surface area contributed by atoms with Crippen LogP contribution in [0, 0.1) is 17.8 Å². The summed E-state index contributed by atoms with van der Waals surface area (Å²) >= 11 is 0. The maximum absolute atomic E-state index is 12.0. The number of ether oxygens (including phenoxy) is 1. The summed E-state index contributed by atoms with van der Waals surface area (Å²) in [7, 11) is 0. The Kier molecular flexibility index (Phi) is 4.22. The molecule has 2 fully saturated rings. The van der Waals surface area contributed by atoms with Crippen LogP contribution in [0.1, 0.15) is 12.0 Å². The van der Waals surface area contributed by atoms with Gasteiger partial charge in [0.15, 0.2) is 0 Å². The predicted octanol–water partition coefficient (Wildman–Crippen LogP) is 3.33. The van der Waals surface area contributed by atoms with Crippen LogP contribution in [0.4, 0.5) is 13.2 Å². The minimum absolute atomic E-state index is 0.201. The van der Waals surface area contributed by atoms with Crippen molar-refractivity contribution in [1.29, 1.82) is 0 Å². The maximum Gasteiger partial charge on any atom is 0.391 e. The zero-order valence-electron chi connectivity index (χ0n) is 11.9. The van der Waals surface area contributed by atoms with Crippen LogP contribution < -0.4 is 0 Å². The van der Waals surface area contributed by atoms with Crippen molar-refractivity contribution in [1.82, 2.24) is 4.90 Å². The molecule has 1 aromatic rings. The molecule has 1 aliphatic heterocycles. The third-order valence-electron chi connectivity index (χ3n) is 4.54. The predicted molar refractivity (Wildman–Crippen MR) is 73.7 cm³/mol. The van der Waals surface area contributed by atoms with Crippen LogP contribution in [0.3, 0.4) is 0 Å². The van der Waals surface area contributed by atoms with Gasteiger partial charge in [-0.3, -0.25) is 4.90 Å². The molecule has 0 N–H and O–H groups in total. The Morgan fingerprint density at radius 1 is 1.10 bits per heavy atom. The second-order valence-corrected chi connectivity index (χ2v) is 6.11. The second-order valence-electron chi connectivity index (χ2n) is 6.11. The van der Waals surface area contributed by atoms with E-state index in [1.54, 1.807) is 0 Å². The van der Waals surface area contributed by atoms with Crippen LogP contribution in [-0.4, -0.2) is 37.4 Å². The van der Waals surface area contributed by atoms with Gasteiger partial charge in [0.1, 0.15) is 0 Å². The molecule has 1 unspecified atom stereocenters. The van der Waals surface area contributed by atoms with Gasteiger partial charge in [-0.25, -0.2) is 0 Å². The van der Waals surface area contributed by atoms with E-state index in [0.717, 1.165) is 19.6 Å². The van der Waals surface area contributed by atoms with E-state index in [2.05, 4.69) is 17.0 Å². The van der Waals surface area contributed by atoms with Crippen LogP contribution in [0.25, 0.3) is 0 Å². The molecule has 1 aromatic carbocycles. The first-order valence-corrected chi connectivity index (χ1v) is 7.44. The monoisotopic (exact) mass is 299 g/mol. The van der Waals surface area contributed by atoms with Crippen molar-refractivity contribution in [2.24, 2.45) is 17.8 Å². The summed E-state index contributed by atoms with van der Waals surface area (Å²) in [5, 5.41) is 0. The van der Waals surface area contributed by atoms with Crippen molar-refractivity contribution in [2.75, 3.05) is 26.3 Å². The molecule has 5 heteroatoms. The molecule has 2 aliphatic rings. The molecule has 21 heavy (non-hydrogen) atoms. The second kappa shape index (κ2) is 5.97. The number of nitrogens with zero attached hydrogens (tertiary/aromatic N) is 1. The van der Waals surface area contributed by atoms with Gasteiger partial charge in [0.25, 0.3) is 0 Å². The van der Waals surface area contributed by atoms with E-state index in [0.29, 0.717) is 24.4 Å². The summed E-state index contributed by atoms with van der Waals surface area (Å²) in [5.41, 5.74) is 1.32. The third kappa shape index (κ3) is 3.98. The molecular formula is C16H20F3NO. The maximum atomic E-state index is 12.0. The molecule has 0 radical (unpaired) electrons. The zero-order chi connectivity index (χ0) is 14.9. The van der Waals surface area contributed by atoms with Gasteiger partial charge in [0.2, 0.25) is 0 Å². The minimum Gasteiger partial charge on any atom is -0.381 e. The molecule has 0 bridgehead atoms. The van der Waals surface area contributed by atoms with Crippen molar-refractivity contribution in [3.05, 3.63) is 35.9 Å². The Bertz CT molecular complexity index is 450. The molecule has 116 valence electrons. The topological polar surface area (TPSA) is 12.5 Å². The lowest BCUT2D eigenvalue weighted by Gasteiger charge is -2.19. The lowest BCUT2D eigenvalue weighted by Crippen LogP contribution is -2.25. The van der Waals surface area contributed by atoms with Gasteiger partial charge < -0.3 is 4.74 Å². The van der Waals surface area contributed by atoms with Gasteiger partial charge in [-0.05, 0) is 23.3 Å². The number of hydrogen-bond donors (Lipinski definition) is 0. The Balaban J connectivity index is 1.33. The lowest BCUT2D eigenvalue weighted by molar-refractivity contribution is -0.145. The van der Waals surface area contributed by atoms with E-state index >= 15 is 0 Å². The third-order valence-corrected chi connectivity index (χ3v) is 4.54. The number of benzene rings is 1. The molecule has 3 rings (SSSR count). The first-order chi connectivity index (χ1) is 10.0. The van der Waals surface area contributed by atoms with E-state index in [1.165, 1.54) is 5.56 Å². The summed E-state index contributed by atoms with van der Waals surface area (Å²) in [4.78, 5) is 2.43. The van der Waals surface area contributed by atoms with E-state index in [1.807, 2.05) is 18.2 Å². The van der Waals surface area contributed by atoms with Crippen LogP contribution in [0.15, 0.2) is 30.3 Å². The quantitative estimate of drug-likeness (QED) is 0.747. The first-order valence-electron chi connectivity index (χ1n) is 7.44. The highest BCUT2D eigenvalue weighted by Gasteiger charge is 2.55. The highest BCUT2D eigenvalue weighted by atomic mass is 19.4. The van der Waals surface area contributed by atoms with Crippen LogP contribution in [0.5, 0.6) is 0 Å². The van der Waals surface area contributed by atoms with Gasteiger partial charge >= 0.3 is 6.18 Å². The van der Waals surface area contributed by atoms with Crippen molar-refractivity contribution >= 4 is 0 Å². The van der Waals surface area contributed by atoms with Gasteiger partial charge in [-0.15, -0.1) is 0 Å². The average molecular weight is 299 g/mol. The fourth-order valence-corrected chi connectivity index (χ4v) is 3.36. The number of fused-ring (bicyclic) bond motifs is 1. The van der Waals surface area contributed by atoms with Gasteiger partial charge in [0.05, 0.1) is 19.6 Å². The summed E-state index contributed by atoms with van der Waals surface area (Å²) in [6.07, 6.45) is -4.94. The molecule has 0 aromatic heterocycles. The number of rotatable bonds is 6. The molecular weight excluding hydrogens is 279 g/mol. The fourth-order valence-electron chi connectivity index (χ4n) is 3.36. The Hall–Kier alpha value is -1.07. The molecule has 1 heterocycles. The van der Waals surface area contributed by atoms with E-state index in [-0.39, 0.29) is 6.61 Å². The van der Waals surface area contributed by atoms with Gasteiger partial charge in [-0.2, -0.15) is 13.2 Å². The highest BCUT2D eigenvalue weighted by molar-refractivity contribution is 5.15. The fraction of sp³-hybridized carbons (Fsp3) is 0.625. The molecule has 1 aliphatic carbocycles. The number of hydrogen-bond acceptors (Lipinski definition) is 2. The molecule has 2 nitrogen and oxygen atoms in total. The van der Waals surface area contributed by atoms with Crippen molar-refractivity contribution < 1.29 is 17.9 Å². The van der Waals surface area contributed by atoms with Crippen molar-refractivity contribution in [3.63, 3.8) is 0 Å². The Morgan fingerprint density at radius 3 is 2.38 bits per heavy atom. The van der Waals surface area contributed by atoms with E-state index in [4.69, 9.17) is 4.74 Å². The molecule has 0 amide bonds. The highest BCUT2D eigenvalue weighted by Crippen LogP contribution is 2.52. The average Bonchev–Trinajstić information content (AvgIpc) is 2.88. The number of likely N-dealkylation sites (tertiary alicyclic amines) is 1. The van der Waals surface area contributed by atoms with Crippen LogP contribution >= 0.6 is 0 Å². The standard InChI is InChI=1S/C16H20F3NO/c17-16(18,19)6-7-21-11-15-13-9-20(10-14(13)15)8-12-4-2-1-3-5-12/h1-5,13-15H,6-11H2/t13-,14+,15?. The van der Waals surface area contributed by atoms with Gasteiger partial charge in [-0.1, -0.05) is 30.3 Å². The van der Waals surface area contributed by atoms with E-state index < -0.39 is 12.6 Å². The largest absolute Gasteiger partial charge is 0.391 e. The minimum atomic E-state index is -4.11. The smallest absolute Gasteiger partial charge is 0.381 e. The van der Waals surface area contributed by atoms with Crippen molar-refractivity contribution in [3.8, 4) is 0 Å². The molecule has 1 saturated heterocycles. The van der Waals surface area contributed by atoms with Gasteiger partial charge in [0, 0.05) is 19.6 Å². The van der Waals surface area contributed by atoms with E-state index in [9.17, 15) is 13.2 Å².